The number of rotatable bonds is 0. The van der Waals surface area contributed by atoms with Crippen molar-refractivity contribution in [3.05, 3.63) is 18.6 Å². The molecule has 1 rings (SSSR count). The normalized spacial score (nSPS) is 25.5. The Morgan fingerprint density at radius 3 is 1.55 bits per heavy atom. The summed E-state index contributed by atoms with van der Waals surface area (Å²) in [5, 5.41) is 0. The molecule has 1 radical (unpaired) electrons. The van der Waals surface area contributed by atoms with Crippen molar-refractivity contribution in [2.24, 2.45) is 0 Å². The van der Waals surface area contributed by atoms with Gasteiger partial charge < -0.3 is 0 Å². The molecule has 0 spiro atoms. The SMILES string of the molecule is [CH]1CCCC/C=C\CCCC1. The van der Waals surface area contributed by atoms with Crippen molar-refractivity contribution in [3.8, 4) is 0 Å². The van der Waals surface area contributed by atoms with Gasteiger partial charge in [-0.15, -0.1) is 0 Å². The van der Waals surface area contributed by atoms with Crippen LogP contribution in [0.25, 0.3) is 0 Å². The summed E-state index contributed by atoms with van der Waals surface area (Å²) < 4.78 is 0. The van der Waals surface area contributed by atoms with Crippen LogP contribution in [-0.2, 0) is 0 Å². The van der Waals surface area contributed by atoms with Gasteiger partial charge in [-0.25, -0.2) is 0 Å². The molecule has 0 aliphatic heterocycles. The molecule has 0 atom stereocenters. The summed E-state index contributed by atoms with van der Waals surface area (Å²) >= 11 is 0. The Balaban J connectivity index is 2.11. The highest BCUT2D eigenvalue weighted by molar-refractivity contribution is 4.82. The highest BCUT2D eigenvalue weighted by Crippen LogP contribution is 2.11. The summed E-state index contributed by atoms with van der Waals surface area (Å²) in [6.45, 7) is 0. The van der Waals surface area contributed by atoms with Crippen LogP contribution in [0.1, 0.15) is 51.4 Å². The van der Waals surface area contributed by atoms with Crippen LogP contribution in [0.4, 0.5) is 0 Å². The third kappa shape index (κ3) is 5.06. The molecule has 1 aliphatic carbocycles. The Labute approximate surface area is 70.7 Å². The molecule has 0 N–H and O–H groups in total. The maximum absolute atomic E-state index is 2.46. The second kappa shape index (κ2) is 6.45. The van der Waals surface area contributed by atoms with Gasteiger partial charge in [-0.2, -0.15) is 0 Å². The lowest BCUT2D eigenvalue weighted by atomic mass is 10.1. The predicted molar refractivity (Wildman–Crippen MR) is 50.4 cm³/mol. The molecule has 0 nitrogen and oxygen atoms in total. The maximum Gasteiger partial charge on any atom is -0.0351 e. The molecule has 0 fully saturated rings. The van der Waals surface area contributed by atoms with Crippen molar-refractivity contribution < 1.29 is 0 Å². The van der Waals surface area contributed by atoms with Gasteiger partial charge in [0.15, 0.2) is 0 Å². The summed E-state index contributed by atoms with van der Waals surface area (Å²) in [6, 6.07) is 0. The third-order valence-corrected chi connectivity index (χ3v) is 2.22. The van der Waals surface area contributed by atoms with Crippen molar-refractivity contribution in [1.29, 1.82) is 0 Å². The molecule has 0 unspecified atom stereocenters. The van der Waals surface area contributed by atoms with Crippen LogP contribution in [-0.4, -0.2) is 0 Å². The largest absolute Gasteiger partial charge is 0.0885 e. The van der Waals surface area contributed by atoms with Crippen LogP contribution < -0.4 is 0 Å². The molecular formula is C11H19. The fourth-order valence-corrected chi connectivity index (χ4v) is 1.48. The van der Waals surface area contributed by atoms with Crippen LogP contribution >= 0.6 is 0 Å². The van der Waals surface area contributed by atoms with Crippen molar-refractivity contribution in [2.45, 2.75) is 51.4 Å². The highest BCUT2D eigenvalue weighted by Gasteiger charge is 1.92. The molecule has 0 amide bonds. The molecule has 0 saturated heterocycles. The van der Waals surface area contributed by atoms with Gasteiger partial charge >= 0.3 is 0 Å². The maximum atomic E-state index is 2.46. The van der Waals surface area contributed by atoms with E-state index in [1.165, 1.54) is 51.4 Å². The van der Waals surface area contributed by atoms with Gasteiger partial charge in [0.2, 0.25) is 0 Å². The summed E-state index contributed by atoms with van der Waals surface area (Å²) in [5.41, 5.74) is 0. The van der Waals surface area contributed by atoms with Gasteiger partial charge in [-0.3, -0.25) is 0 Å². The molecule has 63 valence electrons. The Morgan fingerprint density at radius 2 is 1.00 bits per heavy atom. The van der Waals surface area contributed by atoms with E-state index in [1.54, 1.807) is 0 Å². The van der Waals surface area contributed by atoms with E-state index in [9.17, 15) is 0 Å². The lowest BCUT2D eigenvalue weighted by Crippen LogP contribution is -1.79. The van der Waals surface area contributed by atoms with Crippen molar-refractivity contribution in [1.82, 2.24) is 0 Å². The summed E-state index contributed by atoms with van der Waals surface area (Å²) in [7, 11) is 0. The summed E-state index contributed by atoms with van der Waals surface area (Å²) in [6.07, 6.45) is 18.0. The zero-order chi connectivity index (χ0) is 7.78. The second-order valence-corrected chi connectivity index (χ2v) is 3.33. The van der Waals surface area contributed by atoms with Crippen LogP contribution in [0.5, 0.6) is 0 Å². The van der Waals surface area contributed by atoms with Crippen LogP contribution in [0.3, 0.4) is 0 Å². The van der Waals surface area contributed by atoms with Gasteiger partial charge in [-0.05, 0) is 32.1 Å². The number of hydrogen-bond acceptors (Lipinski definition) is 0. The van der Waals surface area contributed by atoms with Gasteiger partial charge in [0.25, 0.3) is 0 Å². The van der Waals surface area contributed by atoms with E-state index in [1.807, 2.05) is 0 Å². The molecule has 0 aromatic heterocycles. The van der Waals surface area contributed by atoms with Crippen LogP contribution in [0.15, 0.2) is 12.2 Å². The van der Waals surface area contributed by atoms with E-state index in [0.29, 0.717) is 0 Å². The second-order valence-electron chi connectivity index (χ2n) is 3.33. The topological polar surface area (TPSA) is 0 Å². The van der Waals surface area contributed by atoms with E-state index in [4.69, 9.17) is 0 Å². The van der Waals surface area contributed by atoms with Gasteiger partial charge in [-0.1, -0.05) is 37.8 Å². The summed E-state index contributed by atoms with van der Waals surface area (Å²) in [5.74, 6) is 0. The third-order valence-electron chi connectivity index (χ3n) is 2.22. The molecule has 0 heteroatoms. The minimum Gasteiger partial charge on any atom is -0.0885 e. The first kappa shape index (κ1) is 8.83. The van der Waals surface area contributed by atoms with Gasteiger partial charge in [0.1, 0.15) is 0 Å². The highest BCUT2D eigenvalue weighted by atomic mass is 14.0. The minimum atomic E-state index is 1.30. The molecule has 0 aromatic rings. The smallest absolute Gasteiger partial charge is 0.0351 e. The minimum absolute atomic E-state index is 1.30. The van der Waals surface area contributed by atoms with Crippen LogP contribution in [0, 0.1) is 6.42 Å². The molecule has 1 aliphatic rings. The average molecular weight is 151 g/mol. The average Bonchev–Trinajstić information content (AvgIpc) is 2.08. The fraction of sp³-hybridized carbons (Fsp3) is 0.727. The first-order chi connectivity index (χ1) is 5.50. The molecule has 0 aromatic carbocycles. The fourth-order valence-electron chi connectivity index (χ4n) is 1.48. The summed E-state index contributed by atoms with van der Waals surface area (Å²) in [4.78, 5) is 0. The standard InChI is InChI=1S/C11H19/c1-2-4-6-8-10-11-9-7-5-3-1/h1-2,11H,3-10H2/b2-1-. The Morgan fingerprint density at radius 1 is 0.545 bits per heavy atom. The van der Waals surface area contributed by atoms with Gasteiger partial charge in [0.05, 0.1) is 0 Å². The Kier molecular flexibility index (Phi) is 5.18. The number of hydrogen-bond donors (Lipinski definition) is 0. The zero-order valence-electron chi connectivity index (χ0n) is 7.39. The lowest BCUT2D eigenvalue weighted by Gasteiger charge is -1.97. The Bertz CT molecular complexity index is 90.6. The number of allylic oxidation sites excluding steroid dienone is 2. The molecule has 0 saturated carbocycles. The quantitative estimate of drug-likeness (QED) is 0.461. The van der Waals surface area contributed by atoms with E-state index in [-0.39, 0.29) is 0 Å². The molecular weight excluding hydrogens is 132 g/mol. The van der Waals surface area contributed by atoms with Crippen molar-refractivity contribution >= 4 is 0 Å². The van der Waals surface area contributed by atoms with Crippen molar-refractivity contribution in [3.63, 3.8) is 0 Å². The van der Waals surface area contributed by atoms with E-state index < -0.39 is 0 Å². The lowest BCUT2D eigenvalue weighted by molar-refractivity contribution is 0.685. The van der Waals surface area contributed by atoms with E-state index >= 15 is 0 Å². The van der Waals surface area contributed by atoms with E-state index in [0.717, 1.165) is 0 Å². The van der Waals surface area contributed by atoms with Crippen LogP contribution in [0.2, 0.25) is 0 Å². The first-order valence-electron chi connectivity index (χ1n) is 4.97. The van der Waals surface area contributed by atoms with Crippen molar-refractivity contribution in [2.75, 3.05) is 0 Å². The molecule has 0 heterocycles. The molecule has 11 heavy (non-hydrogen) atoms. The van der Waals surface area contributed by atoms with E-state index in [2.05, 4.69) is 18.6 Å². The monoisotopic (exact) mass is 151 g/mol. The molecule has 0 bridgehead atoms. The zero-order valence-corrected chi connectivity index (χ0v) is 7.39. The first-order valence-corrected chi connectivity index (χ1v) is 4.97. The predicted octanol–water partition coefficient (Wildman–Crippen LogP) is 3.88. The van der Waals surface area contributed by atoms with Gasteiger partial charge in [0, 0.05) is 0 Å². The Hall–Kier alpha value is -0.260.